The van der Waals surface area contributed by atoms with E-state index < -0.39 is 24.0 Å². The van der Waals surface area contributed by atoms with Crippen LogP contribution < -0.4 is 10.6 Å². The second-order valence-corrected chi connectivity index (χ2v) is 9.55. The van der Waals surface area contributed by atoms with Crippen molar-refractivity contribution in [2.75, 3.05) is 13.2 Å². The van der Waals surface area contributed by atoms with Crippen LogP contribution in [0.2, 0.25) is 0 Å². The minimum Gasteiger partial charge on any atom is -0.481 e. The Morgan fingerprint density at radius 1 is 1.03 bits per heavy atom. The summed E-state index contributed by atoms with van der Waals surface area (Å²) < 4.78 is 5.60. The van der Waals surface area contributed by atoms with E-state index in [1.54, 1.807) is 0 Å². The van der Waals surface area contributed by atoms with E-state index in [4.69, 9.17) is 4.74 Å². The zero-order chi connectivity index (χ0) is 24.8. The second-order valence-electron chi connectivity index (χ2n) is 9.55. The van der Waals surface area contributed by atoms with Gasteiger partial charge in [0.25, 0.3) is 0 Å². The number of nitrogens with one attached hydrogen (secondary N) is 2. The molecule has 0 heterocycles. The van der Waals surface area contributed by atoms with Gasteiger partial charge < -0.3 is 20.5 Å². The molecule has 4 rings (SSSR count). The monoisotopic (exact) mass is 478 g/mol. The Bertz CT molecular complexity index is 1020. The molecule has 2 aliphatic rings. The van der Waals surface area contributed by atoms with Gasteiger partial charge in [-0.15, -0.1) is 0 Å². The normalized spacial score (nSPS) is 16.4. The molecule has 7 nitrogen and oxygen atoms in total. The number of carboxylic acid groups (broad SMARTS) is 1. The molecule has 0 aliphatic heterocycles. The SMILES string of the molecule is CCCC[C@H](NC(=O)OCC1c2ccccc2-c2ccccc21)C(=O)NCC(C(=O)O)C1CCC1. The number of rotatable bonds is 11. The molecule has 0 radical (unpaired) electrons. The van der Waals surface area contributed by atoms with Gasteiger partial charge in [-0.1, -0.05) is 74.7 Å². The predicted octanol–water partition coefficient (Wildman–Crippen LogP) is 4.70. The largest absolute Gasteiger partial charge is 0.481 e. The number of unbranched alkanes of at least 4 members (excludes halogenated alkanes) is 1. The Balaban J connectivity index is 1.35. The molecule has 1 fully saturated rings. The van der Waals surface area contributed by atoms with Crippen molar-refractivity contribution in [3.05, 3.63) is 59.7 Å². The van der Waals surface area contributed by atoms with Crippen LogP contribution >= 0.6 is 0 Å². The first-order valence-electron chi connectivity index (χ1n) is 12.6. The number of aliphatic carboxylic acids is 1. The Hall–Kier alpha value is -3.35. The Kier molecular flexibility index (Phi) is 8.06. The summed E-state index contributed by atoms with van der Waals surface area (Å²) in [6.45, 7) is 2.26. The van der Waals surface area contributed by atoms with Crippen LogP contribution in [-0.2, 0) is 14.3 Å². The average molecular weight is 479 g/mol. The number of fused-ring (bicyclic) bond motifs is 3. The number of amides is 2. The van der Waals surface area contributed by atoms with E-state index in [1.165, 1.54) is 0 Å². The molecule has 35 heavy (non-hydrogen) atoms. The van der Waals surface area contributed by atoms with Crippen LogP contribution in [0.4, 0.5) is 4.79 Å². The first-order chi connectivity index (χ1) is 17.0. The van der Waals surface area contributed by atoms with Crippen molar-refractivity contribution < 1.29 is 24.2 Å². The van der Waals surface area contributed by atoms with Gasteiger partial charge in [0, 0.05) is 12.5 Å². The molecule has 0 aromatic heterocycles. The molecule has 2 amide bonds. The Labute approximate surface area is 206 Å². The van der Waals surface area contributed by atoms with Crippen LogP contribution in [0.25, 0.3) is 11.1 Å². The number of carbonyl (C=O) groups is 3. The highest BCUT2D eigenvalue weighted by Gasteiger charge is 2.34. The van der Waals surface area contributed by atoms with Crippen molar-refractivity contribution in [1.82, 2.24) is 10.6 Å². The number of carbonyl (C=O) groups excluding carboxylic acids is 2. The molecule has 0 bridgehead atoms. The van der Waals surface area contributed by atoms with Crippen LogP contribution in [0.1, 0.15) is 62.5 Å². The maximum Gasteiger partial charge on any atom is 0.407 e. The van der Waals surface area contributed by atoms with Crippen LogP contribution in [-0.4, -0.2) is 42.3 Å². The van der Waals surface area contributed by atoms with Gasteiger partial charge >= 0.3 is 12.1 Å². The fourth-order valence-corrected chi connectivity index (χ4v) is 5.09. The molecule has 7 heteroatoms. The number of ether oxygens (including phenoxy) is 1. The Morgan fingerprint density at radius 2 is 1.66 bits per heavy atom. The average Bonchev–Trinajstić information content (AvgIpc) is 3.15. The number of carboxylic acids is 1. The van der Waals surface area contributed by atoms with Crippen molar-refractivity contribution in [2.45, 2.75) is 57.4 Å². The highest BCUT2D eigenvalue weighted by atomic mass is 16.5. The molecule has 186 valence electrons. The van der Waals surface area contributed by atoms with E-state index in [0.717, 1.165) is 54.4 Å². The summed E-state index contributed by atoms with van der Waals surface area (Å²) in [6.07, 6.45) is 4.24. The van der Waals surface area contributed by atoms with Crippen LogP contribution in [0.3, 0.4) is 0 Å². The third-order valence-electron chi connectivity index (χ3n) is 7.33. The Morgan fingerprint density at radius 3 is 2.20 bits per heavy atom. The smallest absolute Gasteiger partial charge is 0.407 e. The van der Waals surface area contributed by atoms with Crippen LogP contribution in [0.5, 0.6) is 0 Å². The van der Waals surface area contributed by atoms with Crippen LogP contribution in [0.15, 0.2) is 48.5 Å². The maximum atomic E-state index is 12.9. The molecule has 2 atom stereocenters. The summed E-state index contributed by atoms with van der Waals surface area (Å²) in [6, 6.07) is 15.5. The van der Waals surface area contributed by atoms with Crippen LogP contribution in [0, 0.1) is 11.8 Å². The third-order valence-corrected chi connectivity index (χ3v) is 7.33. The quantitative estimate of drug-likeness (QED) is 0.434. The van der Waals surface area contributed by atoms with Gasteiger partial charge in [0.1, 0.15) is 12.6 Å². The molecule has 2 aromatic carbocycles. The number of alkyl carbamates (subject to hydrolysis) is 1. The number of hydrogen-bond acceptors (Lipinski definition) is 4. The van der Waals surface area contributed by atoms with Gasteiger partial charge in [-0.2, -0.15) is 0 Å². The zero-order valence-electron chi connectivity index (χ0n) is 20.2. The summed E-state index contributed by atoms with van der Waals surface area (Å²) in [5, 5.41) is 15.0. The highest BCUT2D eigenvalue weighted by Crippen LogP contribution is 2.44. The van der Waals surface area contributed by atoms with Crippen molar-refractivity contribution in [2.24, 2.45) is 11.8 Å². The standard InChI is InChI=1S/C28H34N2O5/c1-2-3-15-25(26(31)29-16-23(27(32)33)18-9-8-10-18)30-28(34)35-17-24-21-13-6-4-11-19(21)20-12-5-7-14-22(20)24/h4-7,11-14,18,23-25H,2-3,8-10,15-17H2,1H3,(H,29,31)(H,30,34)(H,32,33)/t23?,25-/m0/s1. The van der Waals surface area contributed by atoms with Gasteiger partial charge in [-0.05, 0) is 47.4 Å². The van der Waals surface area contributed by atoms with Gasteiger partial charge in [0.2, 0.25) is 5.91 Å². The lowest BCUT2D eigenvalue weighted by Crippen LogP contribution is -2.49. The minimum absolute atomic E-state index is 0.0603. The maximum absolute atomic E-state index is 12.9. The topological polar surface area (TPSA) is 105 Å². The zero-order valence-corrected chi connectivity index (χ0v) is 20.2. The fourth-order valence-electron chi connectivity index (χ4n) is 5.09. The van der Waals surface area contributed by atoms with Gasteiger partial charge in [-0.25, -0.2) is 4.79 Å². The molecule has 0 saturated heterocycles. The molecular weight excluding hydrogens is 444 g/mol. The number of hydrogen-bond donors (Lipinski definition) is 3. The van der Waals surface area contributed by atoms with E-state index in [2.05, 4.69) is 34.9 Å². The predicted molar refractivity (Wildman–Crippen MR) is 133 cm³/mol. The first-order valence-corrected chi connectivity index (χ1v) is 12.6. The summed E-state index contributed by atoms with van der Waals surface area (Å²) in [5.41, 5.74) is 4.54. The van der Waals surface area contributed by atoms with Gasteiger partial charge in [0.05, 0.1) is 5.92 Å². The van der Waals surface area contributed by atoms with Gasteiger partial charge in [0.15, 0.2) is 0 Å². The molecule has 0 spiro atoms. The second kappa shape index (κ2) is 11.4. The fraction of sp³-hybridized carbons (Fsp3) is 0.464. The molecule has 3 N–H and O–H groups in total. The number of benzene rings is 2. The molecule has 1 saturated carbocycles. The van der Waals surface area contributed by atoms with E-state index in [-0.39, 0.29) is 30.9 Å². The van der Waals surface area contributed by atoms with Crippen molar-refractivity contribution in [1.29, 1.82) is 0 Å². The minimum atomic E-state index is -0.885. The first kappa shape index (κ1) is 24.8. The third kappa shape index (κ3) is 5.66. The van der Waals surface area contributed by atoms with E-state index in [0.29, 0.717) is 6.42 Å². The van der Waals surface area contributed by atoms with E-state index >= 15 is 0 Å². The lowest BCUT2D eigenvalue weighted by Gasteiger charge is -2.31. The van der Waals surface area contributed by atoms with E-state index in [9.17, 15) is 19.5 Å². The van der Waals surface area contributed by atoms with Crippen molar-refractivity contribution in [3.8, 4) is 11.1 Å². The summed E-state index contributed by atoms with van der Waals surface area (Å²) in [5.74, 6) is -1.79. The summed E-state index contributed by atoms with van der Waals surface area (Å²) in [7, 11) is 0. The lowest BCUT2D eigenvalue weighted by atomic mass is 9.76. The molecule has 2 aromatic rings. The summed E-state index contributed by atoms with van der Waals surface area (Å²) in [4.78, 5) is 37.2. The molecular formula is C28H34N2O5. The lowest BCUT2D eigenvalue weighted by molar-refractivity contribution is -0.144. The highest BCUT2D eigenvalue weighted by molar-refractivity contribution is 5.86. The van der Waals surface area contributed by atoms with Crippen molar-refractivity contribution >= 4 is 18.0 Å². The van der Waals surface area contributed by atoms with Crippen molar-refractivity contribution in [3.63, 3.8) is 0 Å². The van der Waals surface area contributed by atoms with E-state index in [1.807, 2.05) is 31.2 Å². The van der Waals surface area contributed by atoms with Gasteiger partial charge in [-0.3, -0.25) is 9.59 Å². The molecule has 2 aliphatic carbocycles. The molecule has 1 unspecified atom stereocenters. The summed E-state index contributed by atoms with van der Waals surface area (Å²) >= 11 is 0.